The van der Waals surface area contributed by atoms with Crippen molar-refractivity contribution in [2.45, 2.75) is 32.2 Å². The smallest absolute Gasteiger partial charge is 0.241 e. The van der Waals surface area contributed by atoms with Crippen molar-refractivity contribution < 1.29 is 9.21 Å². The van der Waals surface area contributed by atoms with Crippen LogP contribution in [-0.4, -0.2) is 16.9 Å². The topological polar surface area (TPSA) is 81.2 Å². The van der Waals surface area contributed by atoms with Crippen LogP contribution in [0.2, 0.25) is 0 Å². The number of nitrogens with one attached hydrogen (secondary N) is 1. The van der Waals surface area contributed by atoms with E-state index in [1.807, 2.05) is 24.3 Å². The van der Waals surface area contributed by atoms with Gasteiger partial charge in [-0.25, -0.2) is 4.98 Å². The van der Waals surface area contributed by atoms with Gasteiger partial charge in [0.15, 0.2) is 12.2 Å². The lowest BCUT2D eigenvalue weighted by atomic mass is 10.1. The summed E-state index contributed by atoms with van der Waals surface area (Å²) >= 11 is 0. The maximum atomic E-state index is 11.9. The standard InChI is InChI=1S/C15H19N3O2/c1-2-3-4-13(16)15(19)18-12-7-5-11(6-8-12)14-9-17-10-20-14/h5-10,13H,2-4,16H2,1H3,(H,18,19). The average molecular weight is 273 g/mol. The van der Waals surface area contributed by atoms with E-state index in [0.29, 0.717) is 12.2 Å². The van der Waals surface area contributed by atoms with Crippen molar-refractivity contribution in [2.24, 2.45) is 5.73 Å². The number of anilines is 1. The predicted octanol–water partition coefficient (Wildman–Crippen LogP) is 2.80. The lowest BCUT2D eigenvalue weighted by Crippen LogP contribution is -2.35. The Kier molecular flexibility index (Phi) is 4.90. The van der Waals surface area contributed by atoms with Gasteiger partial charge in [-0.2, -0.15) is 0 Å². The quantitative estimate of drug-likeness (QED) is 0.848. The zero-order valence-electron chi connectivity index (χ0n) is 11.5. The van der Waals surface area contributed by atoms with Gasteiger partial charge in [0.25, 0.3) is 0 Å². The fourth-order valence-electron chi connectivity index (χ4n) is 1.87. The number of benzene rings is 1. The fourth-order valence-corrected chi connectivity index (χ4v) is 1.87. The van der Waals surface area contributed by atoms with Gasteiger partial charge in [0.05, 0.1) is 12.2 Å². The lowest BCUT2D eigenvalue weighted by molar-refractivity contribution is -0.117. The molecule has 1 heterocycles. The third-order valence-corrected chi connectivity index (χ3v) is 3.07. The van der Waals surface area contributed by atoms with E-state index in [1.165, 1.54) is 6.39 Å². The first-order chi connectivity index (χ1) is 9.70. The van der Waals surface area contributed by atoms with E-state index >= 15 is 0 Å². The summed E-state index contributed by atoms with van der Waals surface area (Å²) in [5, 5.41) is 2.81. The van der Waals surface area contributed by atoms with Crippen molar-refractivity contribution in [3.05, 3.63) is 36.9 Å². The zero-order valence-corrected chi connectivity index (χ0v) is 11.5. The summed E-state index contributed by atoms with van der Waals surface area (Å²) in [4.78, 5) is 15.7. The first-order valence-corrected chi connectivity index (χ1v) is 6.76. The molecule has 0 radical (unpaired) electrons. The number of rotatable bonds is 6. The minimum atomic E-state index is -0.455. The molecule has 106 valence electrons. The molecular formula is C15H19N3O2. The Morgan fingerprint density at radius 2 is 2.15 bits per heavy atom. The van der Waals surface area contributed by atoms with Crippen LogP contribution in [0.25, 0.3) is 11.3 Å². The highest BCUT2D eigenvalue weighted by molar-refractivity contribution is 5.94. The van der Waals surface area contributed by atoms with Crippen LogP contribution in [0.5, 0.6) is 0 Å². The molecule has 2 rings (SSSR count). The highest BCUT2D eigenvalue weighted by atomic mass is 16.3. The van der Waals surface area contributed by atoms with Gasteiger partial charge in [0.2, 0.25) is 5.91 Å². The summed E-state index contributed by atoms with van der Waals surface area (Å²) in [5.74, 6) is 0.549. The Bertz CT molecular complexity index is 535. The Labute approximate surface area is 118 Å². The van der Waals surface area contributed by atoms with Gasteiger partial charge in [-0.3, -0.25) is 4.79 Å². The second kappa shape index (κ2) is 6.86. The lowest BCUT2D eigenvalue weighted by Gasteiger charge is -2.11. The molecule has 0 saturated heterocycles. The number of carbonyl (C=O) groups is 1. The SMILES string of the molecule is CCCCC(N)C(=O)Nc1ccc(-c2cnco2)cc1. The van der Waals surface area contributed by atoms with Gasteiger partial charge < -0.3 is 15.5 Å². The molecule has 0 bridgehead atoms. The summed E-state index contributed by atoms with van der Waals surface area (Å²) in [7, 11) is 0. The number of amides is 1. The van der Waals surface area contributed by atoms with E-state index in [9.17, 15) is 4.79 Å². The molecule has 0 saturated carbocycles. The first kappa shape index (κ1) is 14.3. The number of carbonyl (C=O) groups excluding carboxylic acids is 1. The molecule has 2 aromatic rings. The van der Waals surface area contributed by atoms with Crippen LogP contribution < -0.4 is 11.1 Å². The van der Waals surface area contributed by atoms with E-state index in [2.05, 4.69) is 17.2 Å². The van der Waals surface area contributed by atoms with Gasteiger partial charge in [-0.15, -0.1) is 0 Å². The molecule has 0 aliphatic rings. The molecule has 0 spiro atoms. The van der Waals surface area contributed by atoms with Gasteiger partial charge in [0, 0.05) is 11.3 Å². The Balaban J connectivity index is 1.95. The fraction of sp³-hybridized carbons (Fsp3) is 0.333. The van der Waals surface area contributed by atoms with Gasteiger partial charge in [-0.05, 0) is 30.7 Å². The summed E-state index contributed by atoms with van der Waals surface area (Å²) in [6.07, 6.45) is 5.73. The molecule has 0 aliphatic carbocycles. The van der Waals surface area contributed by atoms with Crippen molar-refractivity contribution in [2.75, 3.05) is 5.32 Å². The molecule has 3 N–H and O–H groups in total. The molecule has 1 aromatic heterocycles. The van der Waals surface area contributed by atoms with Crippen LogP contribution in [0.4, 0.5) is 5.69 Å². The largest absolute Gasteiger partial charge is 0.444 e. The molecule has 1 amide bonds. The third kappa shape index (κ3) is 3.68. The van der Waals surface area contributed by atoms with E-state index < -0.39 is 6.04 Å². The van der Waals surface area contributed by atoms with Crippen molar-refractivity contribution in [3.63, 3.8) is 0 Å². The monoisotopic (exact) mass is 273 g/mol. The van der Waals surface area contributed by atoms with E-state index in [0.717, 1.165) is 24.1 Å². The van der Waals surface area contributed by atoms with Crippen molar-refractivity contribution in [1.82, 2.24) is 4.98 Å². The van der Waals surface area contributed by atoms with Crippen molar-refractivity contribution in [3.8, 4) is 11.3 Å². The minimum Gasteiger partial charge on any atom is -0.444 e. The number of hydrogen-bond acceptors (Lipinski definition) is 4. The highest BCUT2D eigenvalue weighted by Gasteiger charge is 2.12. The second-order valence-corrected chi connectivity index (χ2v) is 4.68. The Hall–Kier alpha value is -2.14. The van der Waals surface area contributed by atoms with Crippen LogP contribution >= 0.6 is 0 Å². The normalized spacial score (nSPS) is 12.1. The zero-order chi connectivity index (χ0) is 14.4. The maximum Gasteiger partial charge on any atom is 0.241 e. The molecule has 1 unspecified atom stereocenters. The number of unbranched alkanes of at least 4 members (excludes halogenated alkanes) is 1. The Morgan fingerprint density at radius 3 is 2.75 bits per heavy atom. The predicted molar refractivity (Wildman–Crippen MR) is 78.1 cm³/mol. The minimum absolute atomic E-state index is 0.147. The molecule has 0 aliphatic heterocycles. The van der Waals surface area contributed by atoms with Crippen LogP contribution in [0.1, 0.15) is 26.2 Å². The molecule has 0 fully saturated rings. The number of nitrogens with zero attached hydrogens (tertiary/aromatic N) is 1. The third-order valence-electron chi connectivity index (χ3n) is 3.07. The van der Waals surface area contributed by atoms with Gasteiger partial charge in [0.1, 0.15) is 0 Å². The number of hydrogen-bond donors (Lipinski definition) is 2. The average Bonchev–Trinajstić information content (AvgIpc) is 2.99. The Morgan fingerprint density at radius 1 is 1.40 bits per heavy atom. The van der Waals surface area contributed by atoms with E-state index in [4.69, 9.17) is 10.2 Å². The van der Waals surface area contributed by atoms with Crippen molar-refractivity contribution in [1.29, 1.82) is 0 Å². The molecule has 1 atom stereocenters. The van der Waals surface area contributed by atoms with Crippen LogP contribution in [0, 0.1) is 0 Å². The summed E-state index contributed by atoms with van der Waals surface area (Å²) in [5.41, 5.74) is 7.46. The van der Waals surface area contributed by atoms with Gasteiger partial charge in [-0.1, -0.05) is 19.8 Å². The van der Waals surface area contributed by atoms with Crippen LogP contribution in [0.15, 0.2) is 41.3 Å². The van der Waals surface area contributed by atoms with E-state index in [-0.39, 0.29) is 5.91 Å². The molecular weight excluding hydrogens is 254 g/mol. The number of aromatic nitrogens is 1. The summed E-state index contributed by atoms with van der Waals surface area (Å²) < 4.78 is 5.20. The first-order valence-electron chi connectivity index (χ1n) is 6.76. The van der Waals surface area contributed by atoms with E-state index in [1.54, 1.807) is 6.20 Å². The maximum absolute atomic E-state index is 11.9. The molecule has 5 nitrogen and oxygen atoms in total. The van der Waals surface area contributed by atoms with Crippen LogP contribution in [-0.2, 0) is 4.79 Å². The number of nitrogens with two attached hydrogens (primary N) is 1. The molecule has 1 aromatic carbocycles. The summed E-state index contributed by atoms with van der Waals surface area (Å²) in [6.45, 7) is 2.08. The molecule has 20 heavy (non-hydrogen) atoms. The molecule has 5 heteroatoms. The number of oxazole rings is 1. The van der Waals surface area contributed by atoms with Crippen LogP contribution in [0.3, 0.4) is 0 Å². The van der Waals surface area contributed by atoms with Gasteiger partial charge >= 0.3 is 0 Å². The second-order valence-electron chi connectivity index (χ2n) is 4.68. The highest BCUT2D eigenvalue weighted by Crippen LogP contribution is 2.20. The van der Waals surface area contributed by atoms with Crippen molar-refractivity contribution >= 4 is 11.6 Å². The summed E-state index contributed by atoms with van der Waals surface area (Å²) in [6, 6.07) is 6.93.